The second-order valence-electron chi connectivity index (χ2n) is 6.48. The van der Waals surface area contributed by atoms with Gasteiger partial charge in [0.2, 0.25) is 5.91 Å². The number of hydrogen-bond acceptors (Lipinski definition) is 6. The van der Waals surface area contributed by atoms with Gasteiger partial charge in [0.05, 0.1) is 28.8 Å². The molecule has 8 heteroatoms. The van der Waals surface area contributed by atoms with Crippen molar-refractivity contribution in [3.05, 3.63) is 21.9 Å². The zero-order chi connectivity index (χ0) is 17.5. The number of amides is 1. The lowest BCUT2D eigenvalue weighted by molar-refractivity contribution is -0.136. The largest absolute Gasteiger partial charge is 0.336 e. The van der Waals surface area contributed by atoms with E-state index in [9.17, 15) is 18.0 Å². The third-order valence-corrected chi connectivity index (χ3v) is 7.65. The predicted octanol–water partition coefficient (Wildman–Crippen LogP) is 0.823. The Balaban J connectivity index is 1.75. The van der Waals surface area contributed by atoms with Gasteiger partial charge in [-0.25, -0.2) is 8.42 Å². The number of thiophene rings is 1. The first-order chi connectivity index (χ1) is 11.3. The molecule has 2 fully saturated rings. The molecule has 132 valence electrons. The van der Waals surface area contributed by atoms with Crippen molar-refractivity contribution in [1.29, 1.82) is 0 Å². The quantitative estimate of drug-likeness (QED) is 0.734. The van der Waals surface area contributed by atoms with E-state index in [4.69, 9.17) is 0 Å². The molecule has 6 nitrogen and oxygen atoms in total. The van der Waals surface area contributed by atoms with E-state index < -0.39 is 9.84 Å². The van der Waals surface area contributed by atoms with E-state index in [-0.39, 0.29) is 41.7 Å². The van der Waals surface area contributed by atoms with Crippen molar-refractivity contribution in [2.24, 2.45) is 0 Å². The SMILES string of the molecule is CCN1CCN(C(=O)Cc2csc(C(C)=O)c2)[C@H]2CS(=O)(=O)C[C@H]21. The molecule has 1 amide bonds. The highest BCUT2D eigenvalue weighted by Gasteiger charge is 2.47. The fourth-order valence-electron chi connectivity index (χ4n) is 3.66. The number of ketones is 1. The van der Waals surface area contributed by atoms with Crippen molar-refractivity contribution in [3.63, 3.8) is 0 Å². The third-order valence-electron chi connectivity index (χ3n) is 4.87. The summed E-state index contributed by atoms with van der Waals surface area (Å²) in [5, 5.41) is 1.83. The normalized spacial score (nSPS) is 26.3. The summed E-state index contributed by atoms with van der Waals surface area (Å²) in [5.74, 6) is 0.146. The van der Waals surface area contributed by atoms with Gasteiger partial charge in [0.1, 0.15) is 0 Å². The van der Waals surface area contributed by atoms with Crippen molar-refractivity contribution in [2.45, 2.75) is 32.4 Å². The Morgan fingerprint density at radius 3 is 2.58 bits per heavy atom. The van der Waals surface area contributed by atoms with Crippen LogP contribution in [0, 0.1) is 0 Å². The lowest BCUT2D eigenvalue weighted by atomic mass is 10.0. The van der Waals surface area contributed by atoms with Crippen LogP contribution in [0.4, 0.5) is 0 Å². The van der Waals surface area contributed by atoms with Gasteiger partial charge in [-0.1, -0.05) is 6.92 Å². The average Bonchev–Trinajstić information content (AvgIpc) is 3.08. The molecule has 0 saturated carbocycles. The number of Topliss-reactive ketones (excluding diaryl/α,β-unsaturated/α-hetero) is 1. The molecule has 0 unspecified atom stereocenters. The summed E-state index contributed by atoms with van der Waals surface area (Å²) in [6, 6.07) is 1.42. The van der Waals surface area contributed by atoms with Crippen molar-refractivity contribution in [2.75, 3.05) is 31.1 Å². The molecule has 2 aliphatic heterocycles. The maximum absolute atomic E-state index is 12.7. The summed E-state index contributed by atoms with van der Waals surface area (Å²) < 4.78 is 24.1. The molecule has 0 bridgehead atoms. The van der Waals surface area contributed by atoms with Crippen molar-refractivity contribution >= 4 is 32.9 Å². The lowest BCUT2D eigenvalue weighted by Crippen LogP contribution is -2.60. The molecule has 3 heterocycles. The summed E-state index contributed by atoms with van der Waals surface area (Å²) in [6.45, 7) is 5.60. The van der Waals surface area contributed by atoms with Gasteiger partial charge in [-0.15, -0.1) is 11.3 Å². The van der Waals surface area contributed by atoms with E-state index in [1.54, 1.807) is 11.0 Å². The van der Waals surface area contributed by atoms with Crippen molar-refractivity contribution in [3.8, 4) is 0 Å². The smallest absolute Gasteiger partial charge is 0.227 e. The molecule has 2 aliphatic rings. The van der Waals surface area contributed by atoms with Gasteiger partial charge in [0, 0.05) is 19.1 Å². The number of nitrogens with zero attached hydrogens (tertiary/aromatic N) is 2. The fraction of sp³-hybridized carbons (Fsp3) is 0.625. The van der Waals surface area contributed by atoms with Crippen LogP contribution in [-0.2, 0) is 21.1 Å². The maximum atomic E-state index is 12.7. The van der Waals surface area contributed by atoms with Gasteiger partial charge in [-0.2, -0.15) is 0 Å². The number of likely N-dealkylation sites (N-methyl/N-ethyl adjacent to an activating group) is 1. The number of sulfone groups is 1. The number of fused-ring (bicyclic) bond motifs is 1. The Kier molecular flexibility index (Phi) is 4.81. The van der Waals surface area contributed by atoms with Gasteiger partial charge in [0.25, 0.3) is 0 Å². The molecule has 3 rings (SSSR count). The number of rotatable bonds is 4. The fourth-order valence-corrected chi connectivity index (χ4v) is 6.48. The van der Waals surface area contributed by atoms with Crippen LogP contribution in [0.1, 0.15) is 29.1 Å². The van der Waals surface area contributed by atoms with Crippen LogP contribution in [0.15, 0.2) is 11.4 Å². The summed E-state index contributed by atoms with van der Waals surface area (Å²) in [7, 11) is -3.10. The standard InChI is InChI=1S/C16H22N2O4S2/c1-3-17-4-5-18(14-10-24(21,22)9-13(14)17)16(20)7-12-6-15(11(2)19)23-8-12/h6,8,13-14H,3-5,7,9-10H2,1-2H3/t13-,14+/m1/s1. The molecular formula is C16H22N2O4S2. The average molecular weight is 370 g/mol. The van der Waals surface area contributed by atoms with Crippen LogP contribution >= 0.6 is 11.3 Å². The second-order valence-corrected chi connectivity index (χ2v) is 9.54. The first-order valence-electron chi connectivity index (χ1n) is 8.13. The number of hydrogen-bond donors (Lipinski definition) is 0. The molecule has 0 N–H and O–H groups in total. The molecule has 0 spiro atoms. The van der Waals surface area contributed by atoms with E-state index in [1.165, 1.54) is 18.3 Å². The monoisotopic (exact) mass is 370 g/mol. The minimum atomic E-state index is -3.10. The van der Waals surface area contributed by atoms with Crippen LogP contribution < -0.4 is 0 Å². The maximum Gasteiger partial charge on any atom is 0.227 e. The van der Waals surface area contributed by atoms with Crippen LogP contribution in [0.5, 0.6) is 0 Å². The van der Waals surface area contributed by atoms with Crippen LogP contribution in [-0.4, -0.2) is 73.1 Å². The number of piperazine rings is 1. The zero-order valence-corrected chi connectivity index (χ0v) is 15.5. The topological polar surface area (TPSA) is 74.8 Å². The Hall–Kier alpha value is -1.25. The minimum absolute atomic E-state index is 0.00258. The molecule has 2 saturated heterocycles. The highest BCUT2D eigenvalue weighted by molar-refractivity contribution is 7.91. The first-order valence-corrected chi connectivity index (χ1v) is 10.8. The Labute approximate surface area is 146 Å². The summed E-state index contributed by atoms with van der Waals surface area (Å²) >= 11 is 1.35. The molecule has 0 aromatic carbocycles. The minimum Gasteiger partial charge on any atom is -0.336 e. The molecule has 2 atom stereocenters. The van der Waals surface area contributed by atoms with Crippen LogP contribution in [0.2, 0.25) is 0 Å². The molecular weight excluding hydrogens is 348 g/mol. The van der Waals surface area contributed by atoms with Gasteiger partial charge in [-0.05, 0) is 30.5 Å². The van der Waals surface area contributed by atoms with Crippen LogP contribution in [0.25, 0.3) is 0 Å². The van der Waals surface area contributed by atoms with Crippen LogP contribution in [0.3, 0.4) is 0 Å². The number of carbonyl (C=O) groups excluding carboxylic acids is 2. The van der Waals surface area contributed by atoms with E-state index in [0.29, 0.717) is 18.0 Å². The third kappa shape index (κ3) is 3.41. The highest BCUT2D eigenvalue weighted by Crippen LogP contribution is 2.27. The highest BCUT2D eigenvalue weighted by atomic mass is 32.2. The Morgan fingerprint density at radius 2 is 1.96 bits per heavy atom. The van der Waals surface area contributed by atoms with E-state index >= 15 is 0 Å². The van der Waals surface area contributed by atoms with E-state index in [1.807, 2.05) is 12.3 Å². The molecule has 1 aromatic rings. The number of carbonyl (C=O) groups is 2. The van der Waals surface area contributed by atoms with Gasteiger partial charge in [0.15, 0.2) is 15.6 Å². The van der Waals surface area contributed by atoms with Crippen molar-refractivity contribution in [1.82, 2.24) is 9.80 Å². The second kappa shape index (κ2) is 6.57. The molecule has 1 aromatic heterocycles. The summed E-state index contributed by atoms with van der Waals surface area (Å²) in [5.41, 5.74) is 0.825. The van der Waals surface area contributed by atoms with E-state index in [0.717, 1.165) is 12.1 Å². The molecule has 0 aliphatic carbocycles. The summed E-state index contributed by atoms with van der Waals surface area (Å²) in [6.07, 6.45) is 0.221. The molecule has 0 radical (unpaired) electrons. The van der Waals surface area contributed by atoms with Gasteiger partial charge in [-0.3, -0.25) is 14.5 Å². The first kappa shape index (κ1) is 17.6. The van der Waals surface area contributed by atoms with Crippen molar-refractivity contribution < 1.29 is 18.0 Å². The Morgan fingerprint density at radius 1 is 1.25 bits per heavy atom. The van der Waals surface area contributed by atoms with E-state index in [2.05, 4.69) is 4.90 Å². The summed E-state index contributed by atoms with van der Waals surface area (Å²) in [4.78, 5) is 28.7. The van der Waals surface area contributed by atoms with Gasteiger partial charge < -0.3 is 4.90 Å². The zero-order valence-electron chi connectivity index (χ0n) is 13.9. The van der Waals surface area contributed by atoms with Gasteiger partial charge >= 0.3 is 0 Å². The Bertz CT molecular complexity index is 756. The predicted molar refractivity (Wildman–Crippen MR) is 93.2 cm³/mol. The lowest BCUT2D eigenvalue weighted by Gasteiger charge is -2.43. The molecule has 24 heavy (non-hydrogen) atoms.